The highest BCUT2D eigenvalue weighted by Gasteiger charge is 2.13. The molecule has 0 amide bonds. The molecule has 2 rings (SSSR count). The summed E-state index contributed by atoms with van der Waals surface area (Å²) < 4.78 is 1.82. The summed E-state index contributed by atoms with van der Waals surface area (Å²) in [5.74, 6) is 0.860. The number of nitrogens with zero attached hydrogens (tertiary/aromatic N) is 2. The summed E-state index contributed by atoms with van der Waals surface area (Å²) in [6.07, 6.45) is 6.45. The molecule has 0 radical (unpaired) electrons. The van der Waals surface area contributed by atoms with Gasteiger partial charge >= 0.3 is 0 Å². The van der Waals surface area contributed by atoms with Crippen LogP contribution in [0.2, 0.25) is 0 Å². The van der Waals surface area contributed by atoms with E-state index in [0.717, 1.165) is 18.2 Å². The van der Waals surface area contributed by atoms with E-state index in [2.05, 4.69) is 15.7 Å². The second-order valence-electron chi connectivity index (χ2n) is 3.98. The molecule has 0 saturated carbocycles. The van der Waals surface area contributed by atoms with Gasteiger partial charge in [0.25, 0.3) is 0 Å². The Morgan fingerprint density at radius 2 is 2.64 bits per heavy atom. The van der Waals surface area contributed by atoms with E-state index in [9.17, 15) is 0 Å². The molecule has 0 bridgehead atoms. The van der Waals surface area contributed by atoms with Crippen LogP contribution in [-0.2, 0) is 7.05 Å². The second kappa shape index (κ2) is 4.46. The van der Waals surface area contributed by atoms with Gasteiger partial charge in [0.2, 0.25) is 0 Å². The molecule has 1 fully saturated rings. The summed E-state index contributed by atoms with van der Waals surface area (Å²) in [6, 6.07) is 0. The largest absolute Gasteiger partial charge is 0.382 e. The van der Waals surface area contributed by atoms with Crippen LogP contribution >= 0.6 is 0 Å². The molecule has 1 aliphatic heterocycles. The van der Waals surface area contributed by atoms with Crippen LogP contribution in [-0.4, -0.2) is 29.4 Å². The number of aryl methyl sites for hydroxylation is 1. The lowest BCUT2D eigenvalue weighted by molar-refractivity contribution is 0.549. The second-order valence-corrected chi connectivity index (χ2v) is 3.98. The van der Waals surface area contributed by atoms with E-state index in [1.165, 1.54) is 25.9 Å². The van der Waals surface area contributed by atoms with Crippen molar-refractivity contribution in [3.8, 4) is 0 Å². The minimum Gasteiger partial charge on any atom is -0.382 e. The normalized spacial score (nSPS) is 21.4. The third-order valence-electron chi connectivity index (χ3n) is 2.75. The molecule has 1 aromatic heterocycles. The van der Waals surface area contributed by atoms with Crippen LogP contribution in [0.4, 0.5) is 5.69 Å². The van der Waals surface area contributed by atoms with Gasteiger partial charge in [0.1, 0.15) is 0 Å². The van der Waals surface area contributed by atoms with Gasteiger partial charge in [-0.1, -0.05) is 0 Å². The van der Waals surface area contributed by atoms with Crippen LogP contribution in [0.5, 0.6) is 0 Å². The summed E-state index contributed by atoms with van der Waals surface area (Å²) in [6.45, 7) is 3.43. The summed E-state index contributed by atoms with van der Waals surface area (Å²) in [5, 5.41) is 10.9. The highest BCUT2D eigenvalue weighted by atomic mass is 15.3. The molecule has 1 atom stereocenters. The molecule has 1 unspecified atom stereocenters. The number of anilines is 1. The number of nitrogens with one attached hydrogen (secondary N) is 2. The van der Waals surface area contributed by atoms with E-state index in [-0.39, 0.29) is 0 Å². The first-order valence-electron chi connectivity index (χ1n) is 5.28. The molecule has 2 heterocycles. The monoisotopic (exact) mass is 194 g/mol. The standard InChI is InChI=1S/C10H18N4/c1-14-8-10(7-13-14)12-5-3-9-2-4-11-6-9/h7-9,11-12H,2-6H2,1H3. The first-order valence-corrected chi connectivity index (χ1v) is 5.28. The smallest absolute Gasteiger partial charge is 0.0726 e. The predicted octanol–water partition coefficient (Wildman–Crippen LogP) is 0.832. The fourth-order valence-corrected chi connectivity index (χ4v) is 1.89. The Hall–Kier alpha value is -1.03. The molecule has 2 N–H and O–H groups in total. The van der Waals surface area contributed by atoms with Gasteiger partial charge in [-0.05, 0) is 31.8 Å². The number of hydrogen-bond donors (Lipinski definition) is 2. The number of hydrogen-bond acceptors (Lipinski definition) is 3. The van der Waals surface area contributed by atoms with Crippen molar-refractivity contribution in [3.63, 3.8) is 0 Å². The van der Waals surface area contributed by atoms with Gasteiger partial charge in [-0.2, -0.15) is 5.10 Å². The van der Waals surface area contributed by atoms with Crippen LogP contribution in [0.1, 0.15) is 12.8 Å². The molecule has 4 heteroatoms. The van der Waals surface area contributed by atoms with E-state index >= 15 is 0 Å². The quantitative estimate of drug-likeness (QED) is 0.746. The zero-order valence-corrected chi connectivity index (χ0v) is 8.66. The predicted molar refractivity (Wildman–Crippen MR) is 57.3 cm³/mol. The lowest BCUT2D eigenvalue weighted by atomic mass is 10.1. The van der Waals surface area contributed by atoms with Gasteiger partial charge in [0, 0.05) is 19.8 Å². The van der Waals surface area contributed by atoms with Crippen LogP contribution < -0.4 is 10.6 Å². The third-order valence-corrected chi connectivity index (χ3v) is 2.75. The van der Waals surface area contributed by atoms with Crippen molar-refractivity contribution >= 4 is 5.69 Å². The zero-order chi connectivity index (χ0) is 9.80. The fraction of sp³-hybridized carbons (Fsp3) is 0.700. The lowest BCUT2D eigenvalue weighted by Crippen LogP contribution is -2.12. The first-order chi connectivity index (χ1) is 6.84. The van der Waals surface area contributed by atoms with Crippen molar-refractivity contribution in [1.82, 2.24) is 15.1 Å². The molecule has 0 spiro atoms. The van der Waals surface area contributed by atoms with E-state index in [1.807, 2.05) is 24.1 Å². The van der Waals surface area contributed by atoms with Crippen molar-refractivity contribution in [2.45, 2.75) is 12.8 Å². The summed E-state index contributed by atoms with van der Waals surface area (Å²) in [5.41, 5.74) is 1.12. The van der Waals surface area contributed by atoms with Crippen molar-refractivity contribution in [2.75, 3.05) is 25.0 Å². The SMILES string of the molecule is Cn1cc(NCCC2CCNC2)cn1. The third kappa shape index (κ3) is 2.48. The summed E-state index contributed by atoms with van der Waals surface area (Å²) >= 11 is 0. The molecule has 14 heavy (non-hydrogen) atoms. The Morgan fingerprint density at radius 3 is 3.29 bits per heavy atom. The first kappa shape index (κ1) is 9.52. The highest BCUT2D eigenvalue weighted by Crippen LogP contribution is 2.12. The maximum Gasteiger partial charge on any atom is 0.0726 e. The van der Waals surface area contributed by atoms with E-state index < -0.39 is 0 Å². The van der Waals surface area contributed by atoms with Crippen molar-refractivity contribution in [2.24, 2.45) is 13.0 Å². The Balaban J connectivity index is 1.67. The lowest BCUT2D eigenvalue weighted by Gasteiger charge is -2.08. The number of rotatable bonds is 4. The van der Waals surface area contributed by atoms with Gasteiger partial charge in [-0.3, -0.25) is 4.68 Å². The van der Waals surface area contributed by atoms with E-state index in [0.29, 0.717) is 0 Å². The Morgan fingerprint density at radius 1 is 1.71 bits per heavy atom. The van der Waals surface area contributed by atoms with Crippen molar-refractivity contribution < 1.29 is 0 Å². The van der Waals surface area contributed by atoms with Crippen LogP contribution in [0.3, 0.4) is 0 Å². The maximum atomic E-state index is 4.11. The Kier molecular flexibility index (Phi) is 3.03. The van der Waals surface area contributed by atoms with Crippen molar-refractivity contribution in [3.05, 3.63) is 12.4 Å². The Bertz CT molecular complexity index is 275. The van der Waals surface area contributed by atoms with Gasteiger partial charge in [-0.15, -0.1) is 0 Å². The summed E-state index contributed by atoms with van der Waals surface area (Å²) in [7, 11) is 1.94. The number of aromatic nitrogens is 2. The van der Waals surface area contributed by atoms with Gasteiger partial charge < -0.3 is 10.6 Å². The molecule has 1 aromatic rings. The van der Waals surface area contributed by atoms with E-state index in [1.54, 1.807) is 0 Å². The fourth-order valence-electron chi connectivity index (χ4n) is 1.89. The Labute approximate surface area is 84.7 Å². The minimum atomic E-state index is 0.860. The van der Waals surface area contributed by atoms with Crippen LogP contribution in [0.25, 0.3) is 0 Å². The molecule has 4 nitrogen and oxygen atoms in total. The zero-order valence-electron chi connectivity index (χ0n) is 8.66. The van der Waals surface area contributed by atoms with Crippen LogP contribution in [0, 0.1) is 5.92 Å². The topological polar surface area (TPSA) is 41.9 Å². The molecular formula is C10H18N4. The minimum absolute atomic E-state index is 0.860. The average molecular weight is 194 g/mol. The van der Waals surface area contributed by atoms with Crippen LogP contribution in [0.15, 0.2) is 12.4 Å². The molecule has 78 valence electrons. The summed E-state index contributed by atoms with van der Waals surface area (Å²) in [4.78, 5) is 0. The van der Waals surface area contributed by atoms with Gasteiger partial charge in [0.05, 0.1) is 11.9 Å². The van der Waals surface area contributed by atoms with Crippen molar-refractivity contribution in [1.29, 1.82) is 0 Å². The highest BCUT2D eigenvalue weighted by molar-refractivity contribution is 5.37. The molecule has 0 aromatic carbocycles. The molecule has 1 aliphatic rings. The van der Waals surface area contributed by atoms with E-state index in [4.69, 9.17) is 0 Å². The van der Waals surface area contributed by atoms with Gasteiger partial charge in [0.15, 0.2) is 0 Å². The maximum absolute atomic E-state index is 4.11. The average Bonchev–Trinajstić information content (AvgIpc) is 2.77. The molecule has 0 aliphatic carbocycles. The molecule has 1 saturated heterocycles. The van der Waals surface area contributed by atoms with Gasteiger partial charge in [-0.25, -0.2) is 0 Å². The molecular weight excluding hydrogens is 176 g/mol.